The molecule has 0 radical (unpaired) electrons. The van der Waals surface area contributed by atoms with Crippen LogP contribution < -0.4 is 0 Å². The minimum Gasteiger partial charge on any atom is -0.385 e. The Labute approximate surface area is 186 Å². The van der Waals surface area contributed by atoms with Crippen molar-refractivity contribution in [2.75, 3.05) is 6.61 Å². The number of hydrogen-bond donors (Lipinski definition) is 1. The van der Waals surface area contributed by atoms with E-state index >= 15 is 0 Å². The molecule has 0 saturated carbocycles. The van der Waals surface area contributed by atoms with Crippen molar-refractivity contribution in [3.63, 3.8) is 0 Å². The molecule has 3 aromatic rings. The average molecular weight is 496 g/mol. The van der Waals surface area contributed by atoms with Gasteiger partial charge in [-0.25, -0.2) is 0 Å². The third kappa shape index (κ3) is 5.04. The number of aliphatic hydroxyl groups excluding tert-OH is 1. The Hall–Kier alpha value is -2.21. The fourth-order valence-corrected chi connectivity index (χ4v) is 3.71. The molecule has 0 saturated heterocycles. The molecule has 0 amide bonds. The van der Waals surface area contributed by atoms with Crippen LogP contribution in [0.15, 0.2) is 113 Å². The Morgan fingerprint density at radius 2 is 1.28 bits per heavy atom. The Kier molecular flexibility index (Phi) is 7.81. The number of aliphatic hydroxyl groups is 1. The first-order valence-electron chi connectivity index (χ1n) is 9.60. The molecule has 0 unspecified atom stereocenters. The monoisotopic (exact) mass is 496 g/mol. The van der Waals surface area contributed by atoms with E-state index < -0.39 is 11.7 Å². The van der Waals surface area contributed by atoms with Crippen molar-refractivity contribution in [3.05, 3.63) is 129 Å². The third-order valence-electron chi connectivity index (χ3n) is 4.89. The van der Waals surface area contributed by atoms with Gasteiger partial charge in [-0.1, -0.05) is 126 Å². The van der Waals surface area contributed by atoms with E-state index in [9.17, 15) is 5.11 Å². The Balaban J connectivity index is 2.04. The van der Waals surface area contributed by atoms with Gasteiger partial charge in [-0.3, -0.25) is 0 Å². The molecule has 0 aliphatic rings. The summed E-state index contributed by atoms with van der Waals surface area (Å²) in [4.78, 5) is 0. The molecule has 0 aliphatic carbocycles. The summed E-state index contributed by atoms with van der Waals surface area (Å²) in [6, 6.07) is 30.8. The molecular formula is C26H25IO2. The van der Waals surface area contributed by atoms with E-state index in [-0.39, 0.29) is 0 Å². The first kappa shape index (κ1) is 21.5. The van der Waals surface area contributed by atoms with Crippen molar-refractivity contribution >= 4 is 22.6 Å². The van der Waals surface area contributed by atoms with Gasteiger partial charge >= 0.3 is 0 Å². The Bertz CT molecular complexity index is 838. The van der Waals surface area contributed by atoms with Crippen LogP contribution in [0.25, 0.3) is 0 Å². The van der Waals surface area contributed by atoms with Crippen molar-refractivity contribution in [1.82, 2.24) is 0 Å². The zero-order valence-electron chi connectivity index (χ0n) is 16.4. The summed E-state index contributed by atoms with van der Waals surface area (Å²) in [5, 5.41) is 10.2. The number of rotatable bonds is 8. The molecule has 1 atom stereocenters. The van der Waals surface area contributed by atoms with E-state index in [4.69, 9.17) is 4.74 Å². The van der Waals surface area contributed by atoms with Crippen LogP contribution in [0.1, 0.15) is 23.6 Å². The lowest BCUT2D eigenvalue weighted by molar-refractivity contribution is 0.0316. The molecule has 0 spiro atoms. The maximum Gasteiger partial charge on any atom is 0.144 e. The second kappa shape index (κ2) is 10.5. The summed E-state index contributed by atoms with van der Waals surface area (Å²) in [6.07, 6.45) is 3.06. The lowest BCUT2D eigenvalue weighted by atomic mass is 9.80. The zero-order valence-corrected chi connectivity index (χ0v) is 18.6. The quantitative estimate of drug-likeness (QED) is 0.227. The van der Waals surface area contributed by atoms with Crippen molar-refractivity contribution in [2.45, 2.75) is 18.6 Å². The predicted octanol–water partition coefficient (Wildman–Crippen LogP) is 6.25. The first-order valence-corrected chi connectivity index (χ1v) is 10.8. The summed E-state index contributed by atoms with van der Waals surface area (Å²) in [5.74, 6) is 0. The van der Waals surface area contributed by atoms with Crippen molar-refractivity contribution in [2.24, 2.45) is 0 Å². The van der Waals surface area contributed by atoms with Gasteiger partial charge < -0.3 is 9.84 Å². The van der Waals surface area contributed by atoms with Crippen LogP contribution in [0.2, 0.25) is 0 Å². The lowest BCUT2D eigenvalue weighted by Crippen LogP contribution is -2.33. The zero-order chi connectivity index (χ0) is 20.5. The molecule has 0 bridgehead atoms. The van der Waals surface area contributed by atoms with Crippen LogP contribution >= 0.6 is 22.6 Å². The van der Waals surface area contributed by atoms with Crippen LogP contribution in [0.4, 0.5) is 0 Å². The molecule has 0 heterocycles. The topological polar surface area (TPSA) is 29.5 Å². The summed E-state index contributed by atoms with van der Waals surface area (Å²) in [6.45, 7) is 2.27. The Morgan fingerprint density at radius 3 is 1.66 bits per heavy atom. The highest BCUT2D eigenvalue weighted by molar-refractivity contribution is 14.1. The smallest absolute Gasteiger partial charge is 0.144 e. The van der Waals surface area contributed by atoms with Crippen LogP contribution in [-0.4, -0.2) is 17.8 Å². The minimum atomic E-state index is -0.743. The summed E-state index contributed by atoms with van der Waals surface area (Å²) < 4.78 is 8.52. The van der Waals surface area contributed by atoms with E-state index in [2.05, 4.69) is 59.0 Å². The van der Waals surface area contributed by atoms with E-state index in [0.29, 0.717) is 6.61 Å². The van der Waals surface area contributed by atoms with Gasteiger partial charge in [0, 0.05) is 0 Å². The largest absolute Gasteiger partial charge is 0.385 e. The molecule has 29 heavy (non-hydrogen) atoms. The SMILES string of the molecule is C/C(=C\I)[C@@H](O)/C=C/COC(c1ccccc1)(c1ccccc1)c1ccccc1. The maximum atomic E-state index is 10.2. The van der Waals surface area contributed by atoms with Gasteiger partial charge in [-0.15, -0.1) is 0 Å². The first-order chi connectivity index (χ1) is 14.2. The number of hydrogen-bond acceptors (Lipinski definition) is 2. The number of halogens is 1. The lowest BCUT2D eigenvalue weighted by Gasteiger charge is -2.35. The number of benzene rings is 3. The van der Waals surface area contributed by atoms with Crippen LogP contribution in [0, 0.1) is 0 Å². The van der Waals surface area contributed by atoms with Crippen LogP contribution in [0.3, 0.4) is 0 Å². The molecule has 148 valence electrons. The van der Waals surface area contributed by atoms with Gasteiger partial charge in [-0.2, -0.15) is 0 Å². The van der Waals surface area contributed by atoms with Crippen LogP contribution in [-0.2, 0) is 10.3 Å². The molecule has 0 fully saturated rings. The fraction of sp³-hybridized carbons (Fsp3) is 0.154. The normalized spacial score (nSPS) is 13.6. The molecule has 3 heteroatoms. The predicted molar refractivity (Wildman–Crippen MR) is 128 cm³/mol. The van der Waals surface area contributed by atoms with E-state index in [1.807, 2.05) is 71.7 Å². The van der Waals surface area contributed by atoms with Gasteiger partial charge in [-0.05, 0) is 33.3 Å². The summed E-state index contributed by atoms with van der Waals surface area (Å²) in [5.41, 5.74) is 3.36. The Morgan fingerprint density at radius 1 is 0.862 bits per heavy atom. The molecule has 3 aromatic carbocycles. The van der Waals surface area contributed by atoms with E-state index in [0.717, 1.165) is 22.3 Å². The second-order valence-corrected chi connectivity index (χ2v) is 7.44. The molecule has 0 aromatic heterocycles. The molecule has 3 rings (SSSR count). The number of ether oxygens (including phenoxy) is 1. The van der Waals surface area contributed by atoms with Crippen molar-refractivity contribution < 1.29 is 9.84 Å². The molecule has 0 aliphatic heterocycles. The van der Waals surface area contributed by atoms with Crippen molar-refractivity contribution in [3.8, 4) is 0 Å². The average Bonchev–Trinajstić information content (AvgIpc) is 2.80. The second-order valence-electron chi connectivity index (χ2n) is 6.82. The van der Waals surface area contributed by atoms with Crippen molar-refractivity contribution in [1.29, 1.82) is 0 Å². The molecule has 1 N–H and O–H groups in total. The highest BCUT2D eigenvalue weighted by Gasteiger charge is 2.37. The van der Waals surface area contributed by atoms with E-state index in [1.165, 1.54) is 0 Å². The van der Waals surface area contributed by atoms with E-state index in [1.54, 1.807) is 6.08 Å². The standard InChI is InChI=1S/C26H25IO2/c1-21(20-27)25(28)18-11-19-29-26(22-12-5-2-6-13-22,23-14-7-3-8-15-23)24-16-9-4-10-17-24/h2-18,20,25,28H,19H2,1H3/b18-11+,21-20+/t25-/m0/s1. The maximum absolute atomic E-state index is 10.2. The minimum absolute atomic E-state index is 0.365. The summed E-state index contributed by atoms with van der Waals surface area (Å²) in [7, 11) is 0. The highest BCUT2D eigenvalue weighted by Crippen LogP contribution is 2.40. The van der Waals surface area contributed by atoms with Gasteiger partial charge in [0.05, 0.1) is 12.7 Å². The van der Waals surface area contributed by atoms with Gasteiger partial charge in [0.1, 0.15) is 5.60 Å². The summed E-state index contributed by atoms with van der Waals surface area (Å²) >= 11 is 2.14. The van der Waals surface area contributed by atoms with Gasteiger partial charge in [0.25, 0.3) is 0 Å². The van der Waals surface area contributed by atoms with Gasteiger partial charge in [0.15, 0.2) is 0 Å². The van der Waals surface area contributed by atoms with Gasteiger partial charge in [0.2, 0.25) is 0 Å². The third-order valence-corrected chi connectivity index (χ3v) is 5.88. The van der Waals surface area contributed by atoms with Crippen LogP contribution in [0.5, 0.6) is 0 Å². The highest BCUT2D eigenvalue weighted by atomic mass is 127. The molecular weight excluding hydrogens is 471 g/mol. The fourth-order valence-electron chi connectivity index (χ4n) is 3.34. The molecule has 2 nitrogen and oxygen atoms in total.